The fourth-order valence-electron chi connectivity index (χ4n) is 2.70. The molecule has 1 heterocycles. The number of carbonyl (C=O) groups is 2. The van der Waals surface area contributed by atoms with E-state index in [1.54, 1.807) is 24.3 Å². The molecule has 0 aliphatic carbocycles. The predicted molar refractivity (Wildman–Crippen MR) is 111 cm³/mol. The minimum atomic E-state index is -0.144. The van der Waals surface area contributed by atoms with Crippen molar-refractivity contribution in [2.45, 2.75) is 25.9 Å². The van der Waals surface area contributed by atoms with Crippen LogP contribution < -0.4 is 10.6 Å². The highest BCUT2D eigenvalue weighted by atomic mass is 32.2. The molecule has 7 nitrogen and oxygen atoms in total. The summed E-state index contributed by atoms with van der Waals surface area (Å²) in [6.45, 7) is 5.37. The molecule has 28 heavy (non-hydrogen) atoms. The molecule has 2 aromatic carbocycles. The fourth-order valence-corrected chi connectivity index (χ4v) is 3.49. The van der Waals surface area contributed by atoms with Crippen molar-refractivity contribution in [3.8, 4) is 5.69 Å². The van der Waals surface area contributed by atoms with Crippen molar-refractivity contribution >= 4 is 35.0 Å². The third-order valence-corrected chi connectivity index (χ3v) is 4.90. The number of aryl methyl sites for hydroxylation is 2. The van der Waals surface area contributed by atoms with Crippen LogP contribution in [-0.4, -0.2) is 32.3 Å². The van der Waals surface area contributed by atoms with Crippen LogP contribution in [0.1, 0.15) is 18.3 Å². The highest BCUT2D eigenvalue weighted by molar-refractivity contribution is 7.99. The molecule has 3 aromatic rings. The van der Waals surface area contributed by atoms with Gasteiger partial charge in [-0.1, -0.05) is 30.0 Å². The molecule has 1 aromatic heterocycles. The number of nitrogens with zero attached hydrogens (tertiary/aromatic N) is 3. The number of nitrogens with one attached hydrogen (secondary N) is 2. The van der Waals surface area contributed by atoms with Gasteiger partial charge in [-0.25, -0.2) is 0 Å². The highest BCUT2D eigenvalue weighted by Gasteiger charge is 2.14. The standard InChI is InChI=1S/C20H21N5O2S/c1-13-6-4-5-7-18(13)25-14(2)23-24-20(25)28-12-19(27)22-17-10-8-16(9-11-17)21-15(3)26/h4-11H,12H2,1-3H3,(H,21,26)(H,22,27). The van der Waals surface area contributed by atoms with Gasteiger partial charge in [-0.05, 0) is 49.7 Å². The van der Waals surface area contributed by atoms with E-state index in [4.69, 9.17) is 0 Å². The number of hydrogen-bond acceptors (Lipinski definition) is 5. The van der Waals surface area contributed by atoms with E-state index in [0.29, 0.717) is 16.5 Å². The summed E-state index contributed by atoms with van der Waals surface area (Å²) < 4.78 is 1.95. The highest BCUT2D eigenvalue weighted by Crippen LogP contribution is 2.24. The molecule has 0 fully saturated rings. The molecule has 0 aliphatic rings. The SMILES string of the molecule is CC(=O)Nc1ccc(NC(=O)CSc2nnc(C)n2-c2ccccc2C)cc1. The van der Waals surface area contributed by atoms with Crippen molar-refractivity contribution in [1.82, 2.24) is 14.8 Å². The molecule has 0 saturated heterocycles. The number of para-hydroxylation sites is 1. The van der Waals surface area contributed by atoms with Gasteiger partial charge in [0.1, 0.15) is 5.82 Å². The van der Waals surface area contributed by atoms with Crippen LogP contribution in [0.3, 0.4) is 0 Å². The van der Waals surface area contributed by atoms with Crippen LogP contribution in [0.2, 0.25) is 0 Å². The number of hydrogen-bond donors (Lipinski definition) is 2. The molecule has 3 rings (SSSR count). The average Bonchev–Trinajstić information content (AvgIpc) is 3.02. The number of anilines is 2. The Labute approximate surface area is 167 Å². The maximum absolute atomic E-state index is 12.3. The van der Waals surface area contributed by atoms with Gasteiger partial charge in [-0.2, -0.15) is 0 Å². The zero-order valence-corrected chi connectivity index (χ0v) is 16.7. The second-order valence-corrected chi connectivity index (χ2v) is 7.19. The minimum absolute atomic E-state index is 0.138. The van der Waals surface area contributed by atoms with Crippen LogP contribution in [0, 0.1) is 13.8 Å². The Bertz CT molecular complexity index is 998. The summed E-state index contributed by atoms with van der Waals surface area (Å²) in [4.78, 5) is 23.4. The van der Waals surface area contributed by atoms with Gasteiger partial charge in [0.05, 0.1) is 11.4 Å². The Morgan fingerprint density at radius 3 is 2.25 bits per heavy atom. The molecular formula is C20H21N5O2S. The van der Waals surface area contributed by atoms with Crippen LogP contribution in [-0.2, 0) is 9.59 Å². The van der Waals surface area contributed by atoms with Crippen LogP contribution in [0.4, 0.5) is 11.4 Å². The molecule has 0 unspecified atom stereocenters. The number of amides is 2. The summed E-state index contributed by atoms with van der Waals surface area (Å²) in [7, 11) is 0. The summed E-state index contributed by atoms with van der Waals surface area (Å²) in [6.07, 6.45) is 0. The van der Waals surface area contributed by atoms with Crippen molar-refractivity contribution in [1.29, 1.82) is 0 Å². The summed E-state index contributed by atoms with van der Waals surface area (Å²) in [5.41, 5.74) is 3.45. The van der Waals surface area contributed by atoms with Crippen LogP contribution >= 0.6 is 11.8 Å². The first-order chi connectivity index (χ1) is 13.4. The molecule has 0 spiro atoms. The summed E-state index contributed by atoms with van der Waals surface area (Å²) in [6, 6.07) is 14.9. The predicted octanol–water partition coefficient (Wildman–Crippen LogP) is 3.57. The van der Waals surface area contributed by atoms with E-state index in [-0.39, 0.29) is 17.6 Å². The van der Waals surface area contributed by atoms with Crippen LogP contribution in [0.25, 0.3) is 5.69 Å². The number of rotatable bonds is 6. The van der Waals surface area contributed by atoms with E-state index in [1.165, 1.54) is 18.7 Å². The van der Waals surface area contributed by atoms with Gasteiger partial charge in [0, 0.05) is 18.3 Å². The van der Waals surface area contributed by atoms with Gasteiger partial charge in [0.25, 0.3) is 0 Å². The summed E-state index contributed by atoms with van der Waals surface area (Å²) in [5.74, 6) is 0.693. The third-order valence-electron chi connectivity index (χ3n) is 3.97. The fraction of sp³-hybridized carbons (Fsp3) is 0.200. The van der Waals surface area contributed by atoms with Gasteiger partial charge < -0.3 is 10.6 Å². The van der Waals surface area contributed by atoms with Crippen molar-refractivity contribution in [3.63, 3.8) is 0 Å². The number of benzene rings is 2. The molecule has 0 saturated carbocycles. The van der Waals surface area contributed by atoms with Gasteiger partial charge in [0.2, 0.25) is 11.8 Å². The van der Waals surface area contributed by atoms with E-state index < -0.39 is 0 Å². The number of aromatic nitrogens is 3. The maximum Gasteiger partial charge on any atom is 0.234 e. The van der Waals surface area contributed by atoms with E-state index >= 15 is 0 Å². The Kier molecular flexibility index (Phi) is 6.10. The van der Waals surface area contributed by atoms with Gasteiger partial charge in [-0.3, -0.25) is 14.2 Å². The molecular weight excluding hydrogens is 374 g/mol. The Morgan fingerprint density at radius 2 is 1.61 bits per heavy atom. The molecule has 0 atom stereocenters. The molecule has 0 radical (unpaired) electrons. The topological polar surface area (TPSA) is 88.9 Å². The van der Waals surface area contributed by atoms with Gasteiger partial charge >= 0.3 is 0 Å². The van der Waals surface area contributed by atoms with Crippen LogP contribution in [0.15, 0.2) is 53.7 Å². The summed E-state index contributed by atoms with van der Waals surface area (Å²) >= 11 is 1.33. The molecule has 2 N–H and O–H groups in total. The second-order valence-electron chi connectivity index (χ2n) is 6.25. The lowest BCUT2D eigenvalue weighted by Gasteiger charge is -2.11. The van der Waals surface area contributed by atoms with Gasteiger partial charge in [0.15, 0.2) is 5.16 Å². The largest absolute Gasteiger partial charge is 0.326 e. The van der Waals surface area contributed by atoms with Crippen molar-refractivity contribution in [3.05, 3.63) is 59.9 Å². The number of thioether (sulfide) groups is 1. The van der Waals surface area contributed by atoms with Gasteiger partial charge in [-0.15, -0.1) is 10.2 Å². The van der Waals surface area contributed by atoms with E-state index in [9.17, 15) is 9.59 Å². The normalized spacial score (nSPS) is 10.5. The Balaban J connectivity index is 1.64. The molecule has 0 aliphatic heterocycles. The number of carbonyl (C=O) groups excluding carboxylic acids is 2. The average molecular weight is 395 g/mol. The molecule has 0 bridgehead atoms. The zero-order valence-electron chi connectivity index (χ0n) is 15.9. The van der Waals surface area contributed by atoms with E-state index in [0.717, 1.165) is 17.1 Å². The Hall–Kier alpha value is -3.13. The minimum Gasteiger partial charge on any atom is -0.326 e. The van der Waals surface area contributed by atoms with Crippen molar-refractivity contribution in [2.75, 3.05) is 16.4 Å². The lowest BCUT2D eigenvalue weighted by molar-refractivity contribution is -0.114. The maximum atomic E-state index is 12.3. The summed E-state index contributed by atoms with van der Waals surface area (Å²) in [5, 5.41) is 14.6. The lowest BCUT2D eigenvalue weighted by atomic mass is 10.2. The monoisotopic (exact) mass is 395 g/mol. The first kappa shape index (κ1) is 19.6. The smallest absolute Gasteiger partial charge is 0.234 e. The zero-order chi connectivity index (χ0) is 20.1. The van der Waals surface area contributed by atoms with E-state index in [1.807, 2.05) is 42.7 Å². The third kappa shape index (κ3) is 4.77. The molecule has 144 valence electrons. The first-order valence-electron chi connectivity index (χ1n) is 8.72. The molecule has 8 heteroatoms. The van der Waals surface area contributed by atoms with Crippen molar-refractivity contribution < 1.29 is 9.59 Å². The second kappa shape index (κ2) is 8.71. The Morgan fingerprint density at radius 1 is 0.964 bits per heavy atom. The van der Waals surface area contributed by atoms with E-state index in [2.05, 4.69) is 20.8 Å². The first-order valence-corrected chi connectivity index (χ1v) is 9.71. The molecule has 2 amide bonds. The van der Waals surface area contributed by atoms with Crippen LogP contribution in [0.5, 0.6) is 0 Å². The lowest BCUT2D eigenvalue weighted by Crippen LogP contribution is -2.15. The quantitative estimate of drug-likeness (QED) is 0.623. The van der Waals surface area contributed by atoms with Crippen molar-refractivity contribution in [2.24, 2.45) is 0 Å².